The molecule has 1 rings (SSSR count). The number of ether oxygens (including phenoxy) is 1. The largest absolute Gasteiger partial charge is 0.380 e. The van der Waals surface area contributed by atoms with Crippen molar-refractivity contribution in [2.24, 2.45) is 0 Å². The minimum absolute atomic E-state index is 0.127. The monoisotopic (exact) mass is 247 g/mol. The maximum atomic E-state index is 11.2. The van der Waals surface area contributed by atoms with E-state index in [0.717, 1.165) is 32.4 Å². The maximum absolute atomic E-state index is 11.2. The quantitative estimate of drug-likeness (QED) is 0.508. The number of sulfone groups is 1. The van der Waals surface area contributed by atoms with E-state index >= 15 is 0 Å². The van der Waals surface area contributed by atoms with Crippen molar-refractivity contribution in [2.45, 2.75) is 25.3 Å². The standard InChI is InChI=1S/C11H21NO3S/c1-2-3-4-7-15-8-6-12-11-5-9-16(13,14)10-11/h2,11-12H,1,3-10H2. The predicted molar refractivity (Wildman–Crippen MR) is 65.3 cm³/mol. The van der Waals surface area contributed by atoms with Gasteiger partial charge in [0.15, 0.2) is 9.84 Å². The van der Waals surface area contributed by atoms with Crippen LogP contribution in [-0.2, 0) is 14.6 Å². The second-order valence-corrected chi connectivity index (χ2v) is 6.33. The van der Waals surface area contributed by atoms with Gasteiger partial charge >= 0.3 is 0 Å². The molecule has 0 amide bonds. The molecule has 1 aliphatic rings. The Morgan fingerprint density at radius 3 is 2.88 bits per heavy atom. The molecule has 1 heterocycles. The first-order valence-electron chi connectivity index (χ1n) is 5.76. The highest BCUT2D eigenvalue weighted by molar-refractivity contribution is 7.91. The third kappa shape index (κ3) is 5.63. The summed E-state index contributed by atoms with van der Waals surface area (Å²) in [5, 5.41) is 3.20. The van der Waals surface area contributed by atoms with E-state index in [9.17, 15) is 8.42 Å². The molecule has 0 aromatic heterocycles. The summed E-state index contributed by atoms with van der Waals surface area (Å²) in [4.78, 5) is 0. The minimum atomic E-state index is -2.76. The van der Waals surface area contributed by atoms with Crippen molar-refractivity contribution < 1.29 is 13.2 Å². The predicted octanol–water partition coefficient (Wildman–Crippen LogP) is 0.746. The van der Waals surface area contributed by atoms with Gasteiger partial charge in [-0.3, -0.25) is 0 Å². The number of rotatable bonds is 8. The third-order valence-electron chi connectivity index (χ3n) is 2.61. The average molecular weight is 247 g/mol. The van der Waals surface area contributed by atoms with E-state index in [0.29, 0.717) is 12.4 Å². The highest BCUT2D eigenvalue weighted by atomic mass is 32.2. The molecule has 1 saturated heterocycles. The van der Waals surface area contributed by atoms with Crippen molar-refractivity contribution in [3.8, 4) is 0 Å². The molecule has 0 aromatic rings. The first kappa shape index (κ1) is 13.7. The van der Waals surface area contributed by atoms with Crippen LogP contribution < -0.4 is 5.32 Å². The highest BCUT2D eigenvalue weighted by Crippen LogP contribution is 2.10. The van der Waals surface area contributed by atoms with Gasteiger partial charge in [-0.05, 0) is 19.3 Å². The Bertz CT molecular complexity index is 300. The van der Waals surface area contributed by atoms with Gasteiger partial charge in [-0.2, -0.15) is 0 Å². The summed E-state index contributed by atoms with van der Waals surface area (Å²) in [6, 6.07) is 0.127. The molecule has 1 unspecified atom stereocenters. The Balaban J connectivity index is 1.94. The molecule has 4 nitrogen and oxygen atoms in total. The van der Waals surface area contributed by atoms with Crippen molar-refractivity contribution in [3.63, 3.8) is 0 Å². The van der Waals surface area contributed by atoms with E-state index in [1.165, 1.54) is 0 Å². The summed E-state index contributed by atoms with van der Waals surface area (Å²) < 4.78 is 27.7. The minimum Gasteiger partial charge on any atom is -0.380 e. The zero-order valence-corrected chi connectivity index (χ0v) is 10.5. The topological polar surface area (TPSA) is 55.4 Å². The van der Waals surface area contributed by atoms with Gasteiger partial charge < -0.3 is 10.1 Å². The van der Waals surface area contributed by atoms with Crippen LogP contribution in [0.15, 0.2) is 12.7 Å². The lowest BCUT2D eigenvalue weighted by molar-refractivity contribution is 0.132. The van der Waals surface area contributed by atoms with Crippen LogP contribution in [0.4, 0.5) is 0 Å². The van der Waals surface area contributed by atoms with Crippen molar-refractivity contribution in [3.05, 3.63) is 12.7 Å². The van der Waals surface area contributed by atoms with E-state index in [1.807, 2.05) is 6.08 Å². The Hall–Kier alpha value is -0.390. The van der Waals surface area contributed by atoms with Gasteiger partial charge in [0.1, 0.15) is 0 Å². The smallest absolute Gasteiger partial charge is 0.151 e. The summed E-state index contributed by atoms with van der Waals surface area (Å²) in [6.07, 6.45) is 4.60. The van der Waals surface area contributed by atoms with Gasteiger partial charge in [0.2, 0.25) is 0 Å². The SMILES string of the molecule is C=CCCCOCCNC1CCS(=O)(=O)C1. The molecule has 5 heteroatoms. The third-order valence-corrected chi connectivity index (χ3v) is 4.38. The lowest BCUT2D eigenvalue weighted by atomic mass is 10.3. The number of nitrogens with one attached hydrogen (secondary N) is 1. The number of unbranched alkanes of at least 4 members (excludes halogenated alkanes) is 1. The van der Waals surface area contributed by atoms with Crippen molar-refractivity contribution >= 4 is 9.84 Å². The number of hydrogen-bond acceptors (Lipinski definition) is 4. The molecule has 0 radical (unpaired) electrons. The van der Waals surface area contributed by atoms with Crippen LogP contribution in [0.1, 0.15) is 19.3 Å². The van der Waals surface area contributed by atoms with Gasteiger partial charge in [0.05, 0.1) is 18.1 Å². The van der Waals surface area contributed by atoms with Crippen LogP contribution in [0.25, 0.3) is 0 Å². The number of allylic oxidation sites excluding steroid dienone is 1. The summed E-state index contributed by atoms with van der Waals surface area (Å²) in [5.74, 6) is 0.605. The van der Waals surface area contributed by atoms with E-state index in [2.05, 4.69) is 11.9 Å². The molecule has 0 bridgehead atoms. The van der Waals surface area contributed by atoms with Crippen LogP contribution in [0, 0.1) is 0 Å². The molecule has 1 fully saturated rings. The Labute approximate surface area is 98.0 Å². The summed E-state index contributed by atoms with van der Waals surface area (Å²) in [5.41, 5.74) is 0. The van der Waals surface area contributed by atoms with Crippen LogP contribution in [0.3, 0.4) is 0 Å². The first-order chi connectivity index (χ1) is 7.64. The van der Waals surface area contributed by atoms with Crippen molar-refractivity contribution in [1.82, 2.24) is 5.32 Å². The van der Waals surface area contributed by atoms with Crippen molar-refractivity contribution in [2.75, 3.05) is 31.3 Å². The Morgan fingerprint density at radius 2 is 2.25 bits per heavy atom. The molecule has 1 aliphatic heterocycles. The lowest BCUT2D eigenvalue weighted by Crippen LogP contribution is -2.32. The summed E-state index contributed by atoms with van der Waals surface area (Å²) in [6.45, 7) is 5.76. The van der Waals surface area contributed by atoms with E-state index in [-0.39, 0.29) is 11.8 Å². The van der Waals surface area contributed by atoms with Crippen LogP contribution in [-0.4, -0.2) is 45.7 Å². The molecule has 1 atom stereocenters. The van der Waals surface area contributed by atoms with Crippen LogP contribution in [0.2, 0.25) is 0 Å². The summed E-state index contributed by atoms with van der Waals surface area (Å²) in [7, 11) is -2.76. The van der Waals surface area contributed by atoms with Crippen molar-refractivity contribution in [1.29, 1.82) is 0 Å². The first-order valence-corrected chi connectivity index (χ1v) is 7.58. The van der Waals surface area contributed by atoms with Crippen LogP contribution in [0.5, 0.6) is 0 Å². The average Bonchev–Trinajstić information content (AvgIpc) is 2.57. The van der Waals surface area contributed by atoms with Gasteiger partial charge in [0.25, 0.3) is 0 Å². The fourth-order valence-corrected chi connectivity index (χ4v) is 3.43. The Morgan fingerprint density at radius 1 is 1.44 bits per heavy atom. The fraction of sp³-hybridized carbons (Fsp3) is 0.818. The van der Waals surface area contributed by atoms with Crippen LogP contribution >= 0.6 is 0 Å². The lowest BCUT2D eigenvalue weighted by Gasteiger charge is -2.10. The highest BCUT2D eigenvalue weighted by Gasteiger charge is 2.26. The maximum Gasteiger partial charge on any atom is 0.151 e. The van der Waals surface area contributed by atoms with Gasteiger partial charge in [-0.25, -0.2) is 8.42 Å². The molecule has 16 heavy (non-hydrogen) atoms. The Kier molecular flexibility index (Phi) is 6.01. The zero-order chi connectivity index (χ0) is 11.9. The molecule has 0 aliphatic carbocycles. The molecular weight excluding hydrogens is 226 g/mol. The van der Waals surface area contributed by atoms with E-state index < -0.39 is 9.84 Å². The summed E-state index contributed by atoms with van der Waals surface area (Å²) >= 11 is 0. The molecule has 0 saturated carbocycles. The van der Waals surface area contributed by atoms with Gasteiger partial charge in [0, 0.05) is 19.2 Å². The number of hydrogen-bond donors (Lipinski definition) is 1. The molecule has 0 spiro atoms. The fourth-order valence-electron chi connectivity index (χ4n) is 1.72. The molecule has 94 valence electrons. The second-order valence-electron chi connectivity index (χ2n) is 4.10. The van der Waals surface area contributed by atoms with Gasteiger partial charge in [-0.15, -0.1) is 6.58 Å². The van der Waals surface area contributed by atoms with E-state index in [1.54, 1.807) is 0 Å². The molecular formula is C11H21NO3S. The van der Waals surface area contributed by atoms with Gasteiger partial charge in [-0.1, -0.05) is 6.08 Å². The molecule has 0 aromatic carbocycles. The second kappa shape index (κ2) is 7.04. The molecule has 1 N–H and O–H groups in total. The zero-order valence-electron chi connectivity index (χ0n) is 9.65. The normalized spacial score (nSPS) is 23.4. The van der Waals surface area contributed by atoms with E-state index in [4.69, 9.17) is 4.74 Å².